The molecular weight excluding hydrogens is 354 g/mol. The van der Waals surface area contributed by atoms with Gasteiger partial charge in [0.25, 0.3) is 0 Å². The standard InChI is InChI=1S/C23H25NO2S/c1-15-7-8-16(2)19(13-15)22(24-11-9-17(10-12-24)23(25)26)20-14-27-21-6-4-3-5-18(20)21/h3-8,13-14,17,22H,9-12H2,1-2H3,(H,25,26). The highest BCUT2D eigenvalue weighted by Crippen LogP contribution is 2.40. The highest BCUT2D eigenvalue weighted by atomic mass is 32.1. The fraction of sp³-hybridized carbons (Fsp3) is 0.348. The Morgan fingerprint density at radius 1 is 1.11 bits per heavy atom. The van der Waals surface area contributed by atoms with Crippen molar-refractivity contribution in [2.75, 3.05) is 13.1 Å². The highest BCUT2D eigenvalue weighted by molar-refractivity contribution is 7.17. The van der Waals surface area contributed by atoms with Crippen LogP contribution in [-0.4, -0.2) is 29.1 Å². The number of rotatable bonds is 4. The molecule has 3 aromatic rings. The molecule has 27 heavy (non-hydrogen) atoms. The van der Waals surface area contributed by atoms with Crippen LogP contribution < -0.4 is 0 Å². The SMILES string of the molecule is Cc1ccc(C)c(C(c2csc3ccccc23)N2CCC(C(=O)O)CC2)c1. The van der Waals surface area contributed by atoms with Gasteiger partial charge in [-0.1, -0.05) is 42.0 Å². The van der Waals surface area contributed by atoms with Crippen LogP contribution in [0.5, 0.6) is 0 Å². The molecule has 0 saturated carbocycles. The molecule has 1 atom stereocenters. The summed E-state index contributed by atoms with van der Waals surface area (Å²) in [5.74, 6) is -0.862. The van der Waals surface area contributed by atoms with Gasteiger partial charge in [-0.15, -0.1) is 11.3 Å². The minimum absolute atomic E-state index is 0.177. The molecule has 2 heterocycles. The van der Waals surface area contributed by atoms with Crippen molar-refractivity contribution >= 4 is 27.4 Å². The van der Waals surface area contributed by atoms with Gasteiger partial charge in [0.1, 0.15) is 0 Å². The van der Waals surface area contributed by atoms with Crippen molar-refractivity contribution in [2.45, 2.75) is 32.7 Å². The van der Waals surface area contributed by atoms with E-state index in [1.54, 1.807) is 11.3 Å². The van der Waals surface area contributed by atoms with Gasteiger partial charge in [-0.25, -0.2) is 0 Å². The van der Waals surface area contributed by atoms with Gasteiger partial charge in [0, 0.05) is 4.70 Å². The van der Waals surface area contributed by atoms with Crippen LogP contribution in [-0.2, 0) is 4.79 Å². The maximum Gasteiger partial charge on any atom is 0.306 e. The van der Waals surface area contributed by atoms with Crippen molar-refractivity contribution in [1.82, 2.24) is 4.90 Å². The first-order valence-corrected chi connectivity index (χ1v) is 10.4. The molecule has 0 aliphatic carbocycles. The molecule has 0 amide bonds. The molecule has 1 aromatic heterocycles. The van der Waals surface area contributed by atoms with E-state index in [4.69, 9.17) is 0 Å². The summed E-state index contributed by atoms with van der Waals surface area (Å²) in [5.41, 5.74) is 5.24. The van der Waals surface area contributed by atoms with Crippen molar-refractivity contribution in [3.8, 4) is 0 Å². The monoisotopic (exact) mass is 379 g/mol. The lowest BCUT2D eigenvalue weighted by atomic mass is 9.89. The van der Waals surface area contributed by atoms with Gasteiger partial charge in [0.2, 0.25) is 0 Å². The second-order valence-corrected chi connectivity index (χ2v) is 8.51. The third-order valence-corrected chi connectivity index (χ3v) is 6.76. The Balaban J connectivity index is 1.79. The van der Waals surface area contributed by atoms with E-state index in [2.05, 4.69) is 66.6 Å². The maximum atomic E-state index is 11.4. The lowest BCUT2D eigenvalue weighted by Crippen LogP contribution is -2.39. The van der Waals surface area contributed by atoms with Gasteiger partial charge in [0.15, 0.2) is 0 Å². The van der Waals surface area contributed by atoms with Gasteiger partial charge in [0.05, 0.1) is 12.0 Å². The number of hydrogen-bond donors (Lipinski definition) is 1. The largest absolute Gasteiger partial charge is 0.481 e. The second-order valence-electron chi connectivity index (χ2n) is 7.60. The molecule has 1 aliphatic heterocycles. The lowest BCUT2D eigenvalue weighted by molar-refractivity contribution is -0.143. The second kappa shape index (κ2) is 7.45. The van der Waals surface area contributed by atoms with Crippen molar-refractivity contribution in [1.29, 1.82) is 0 Å². The van der Waals surface area contributed by atoms with Crippen LogP contribution in [0.15, 0.2) is 47.8 Å². The minimum Gasteiger partial charge on any atom is -0.481 e. The number of carboxylic acid groups (broad SMARTS) is 1. The Bertz CT molecular complexity index is 969. The smallest absolute Gasteiger partial charge is 0.306 e. The van der Waals surface area contributed by atoms with Crippen LogP contribution >= 0.6 is 11.3 Å². The molecule has 2 aromatic carbocycles. The number of likely N-dealkylation sites (tertiary alicyclic amines) is 1. The van der Waals surface area contributed by atoms with Crippen molar-refractivity contribution in [3.63, 3.8) is 0 Å². The van der Waals surface area contributed by atoms with Gasteiger partial charge in [-0.05, 0) is 73.3 Å². The third kappa shape index (κ3) is 3.52. The topological polar surface area (TPSA) is 40.5 Å². The number of thiophene rings is 1. The summed E-state index contributed by atoms with van der Waals surface area (Å²) in [6, 6.07) is 15.4. The zero-order valence-corrected chi connectivity index (χ0v) is 16.6. The number of carboxylic acids is 1. The Labute approximate surface area is 164 Å². The molecule has 1 unspecified atom stereocenters. The van der Waals surface area contributed by atoms with Crippen LogP contribution in [0.2, 0.25) is 0 Å². The number of aryl methyl sites for hydroxylation is 2. The third-order valence-electron chi connectivity index (χ3n) is 5.78. The van der Waals surface area contributed by atoms with E-state index in [1.807, 2.05) is 0 Å². The number of hydrogen-bond acceptors (Lipinski definition) is 3. The van der Waals surface area contributed by atoms with Gasteiger partial charge in [-0.3, -0.25) is 9.69 Å². The molecule has 140 valence electrons. The zero-order valence-electron chi connectivity index (χ0n) is 15.8. The van der Waals surface area contributed by atoms with Gasteiger partial charge in [-0.2, -0.15) is 0 Å². The summed E-state index contributed by atoms with van der Waals surface area (Å²) in [4.78, 5) is 13.9. The predicted octanol–water partition coefficient (Wildman–Crippen LogP) is 5.40. The number of nitrogens with zero attached hydrogens (tertiary/aromatic N) is 1. The number of fused-ring (bicyclic) bond motifs is 1. The Hall–Kier alpha value is -2.17. The molecule has 4 rings (SSSR count). The molecule has 0 spiro atoms. The van der Waals surface area contributed by atoms with E-state index in [1.165, 1.54) is 32.3 Å². The summed E-state index contributed by atoms with van der Waals surface area (Å²) in [7, 11) is 0. The van der Waals surface area contributed by atoms with Crippen LogP contribution in [0.25, 0.3) is 10.1 Å². The maximum absolute atomic E-state index is 11.4. The fourth-order valence-electron chi connectivity index (χ4n) is 4.23. The van der Waals surface area contributed by atoms with E-state index in [-0.39, 0.29) is 12.0 Å². The summed E-state index contributed by atoms with van der Waals surface area (Å²) in [6.07, 6.45) is 1.44. The van der Waals surface area contributed by atoms with Crippen LogP contribution in [0.3, 0.4) is 0 Å². The molecule has 1 aliphatic rings. The first-order valence-electron chi connectivity index (χ1n) is 9.54. The predicted molar refractivity (Wildman–Crippen MR) is 112 cm³/mol. The van der Waals surface area contributed by atoms with Crippen molar-refractivity contribution < 1.29 is 9.90 Å². The molecule has 0 radical (unpaired) electrons. The van der Waals surface area contributed by atoms with Gasteiger partial charge >= 0.3 is 5.97 Å². The number of aliphatic carboxylic acids is 1. The van der Waals surface area contributed by atoms with E-state index in [9.17, 15) is 9.90 Å². The molecule has 4 heteroatoms. The summed E-state index contributed by atoms with van der Waals surface area (Å²) < 4.78 is 1.31. The van der Waals surface area contributed by atoms with E-state index in [0.29, 0.717) is 0 Å². The molecule has 0 bridgehead atoms. The molecule has 1 fully saturated rings. The summed E-state index contributed by atoms with van der Waals surface area (Å²) >= 11 is 1.80. The van der Waals surface area contributed by atoms with E-state index < -0.39 is 5.97 Å². The molecule has 1 saturated heterocycles. The summed E-state index contributed by atoms with van der Waals surface area (Å²) in [5, 5.41) is 13.0. The van der Waals surface area contributed by atoms with Crippen LogP contribution in [0, 0.1) is 19.8 Å². The average molecular weight is 380 g/mol. The molecule has 3 nitrogen and oxygen atoms in total. The first-order chi connectivity index (χ1) is 13.0. The highest BCUT2D eigenvalue weighted by Gasteiger charge is 2.32. The Morgan fingerprint density at radius 2 is 1.85 bits per heavy atom. The lowest BCUT2D eigenvalue weighted by Gasteiger charge is -2.37. The Kier molecular flexibility index (Phi) is 5.02. The first kappa shape index (κ1) is 18.2. The molecule has 1 N–H and O–H groups in total. The van der Waals surface area contributed by atoms with Crippen molar-refractivity contribution in [2.24, 2.45) is 5.92 Å². The van der Waals surface area contributed by atoms with Crippen LogP contribution in [0.4, 0.5) is 0 Å². The zero-order chi connectivity index (χ0) is 19.0. The average Bonchev–Trinajstić information content (AvgIpc) is 3.09. The molecular formula is C23H25NO2S. The minimum atomic E-state index is -0.654. The quantitative estimate of drug-likeness (QED) is 0.659. The number of carbonyl (C=O) groups is 1. The summed E-state index contributed by atoms with van der Waals surface area (Å²) in [6.45, 7) is 5.96. The van der Waals surface area contributed by atoms with Gasteiger partial charge < -0.3 is 5.11 Å². The van der Waals surface area contributed by atoms with E-state index in [0.717, 1.165) is 25.9 Å². The van der Waals surface area contributed by atoms with Crippen LogP contribution in [0.1, 0.15) is 41.1 Å². The fourth-order valence-corrected chi connectivity index (χ4v) is 5.21. The Morgan fingerprint density at radius 3 is 2.59 bits per heavy atom. The van der Waals surface area contributed by atoms with Crippen molar-refractivity contribution in [3.05, 3.63) is 70.1 Å². The number of benzene rings is 2. The number of piperidine rings is 1. The normalized spacial score (nSPS) is 17.3. The van der Waals surface area contributed by atoms with E-state index >= 15 is 0 Å².